The van der Waals surface area contributed by atoms with Gasteiger partial charge in [0.25, 0.3) is 6.71 Å². The summed E-state index contributed by atoms with van der Waals surface area (Å²) in [7, 11) is 0. The molecule has 0 N–H and O–H groups in total. The maximum absolute atomic E-state index is 14.4. The molecule has 3 aliphatic rings. The monoisotopic (exact) mass is 728 g/mol. The molecule has 6 heterocycles. The highest BCUT2D eigenvalue weighted by Gasteiger charge is 2.47. The summed E-state index contributed by atoms with van der Waals surface area (Å²) >= 11 is 0. The lowest BCUT2D eigenvalue weighted by Crippen LogP contribution is -2.64. The van der Waals surface area contributed by atoms with Crippen LogP contribution in [0.1, 0.15) is 11.1 Å². The van der Waals surface area contributed by atoms with E-state index in [4.69, 9.17) is 0 Å². The Morgan fingerprint density at radius 1 is 0.456 bits per heavy atom. The molecule has 0 unspecified atom stereocenters. The highest BCUT2D eigenvalue weighted by Crippen LogP contribution is 2.46. The van der Waals surface area contributed by atoms with Crippen LogP contribution in [0.3, 0.4) is 0 Å². The normalized spacial score (nSPS) is 13.6. The number of fused-ring (bicyclic) bond motifs is 4. The Morgan fingerprint density at radius 3 is 1.79 bits per heavy atom. The molecule has 3 aliphatic heterocycles. The lowest BCUT2D eigenvalue weighted by atomic mass is 9.30. The van der Waals surface area contributed by atoms with Crippen molar-refractivity contribution < 1.29 is 0 Å². The summed E-state index contributed by atoms with van der Waals surface area (Å²) in [6.07, 6.45) is 3.98. The maximum atomic E-state index is 14.4. The number of nitrogens with zero attached hydrogens (tertiary/aromatic N) is 4. The molecule has 0 spiro atoms. The van der Waals surface area contributed by atoms with Gasteiger partial charge < -0.3 is 14.2 Å². The predicted molar refractivity (Wildman–Crippen MR) is 234 cm³/mol. The van der Waals surface area contributed by atoms with Gasteiger partial charge in [0.2, 0.25) is 0 Å². The van der Waals surface area contributed by atoms with Crippen molar-refractivity contribution in [2.75, 3.05) is 9.80 Å². The summed E-state index contributed by atoms with van der Waals surface area (Å²) in [5.41, 5.74) is 17.6. The van der Waals surface area contributed by atoms with E-state index in [0.717, 1.165) is 45.6 Å². The molecule has 7 aromatic carbocycles. The zero-order valence-corrected chi connectivity index (χ0v) is 30.5. The van der Waals surface area contributed by atoms with Crippen LogP contribution in [0.4, 0.5) is 34.1 Å². The van der Waals surface area contributed by atoms with E-state index in [-0.39, 0.29) is 17.6 Å². The molecule has 0 amide bonds. The zero-order chi connectivity index (χ0) is 37.5. The van der Waals surface area contributed by atoms with Crippen LogP contribution in [-0.2, 0) is 6.42 Å². The number of aromatic nitrogens is 2. The van der Waals surface area contributed by atoms with E-state index in [1.807, 2.05) is 36.4 Å². The minimum absolute atomic E-state index is 0.0697. The third kappa shape index (κ3) is 3.97. The fraction of sp³-hybridized carbons (Fsp3) is 0.0200. The second-order valence-corrected chi connectivity index (χ2v) is 15.4. The fourth-order valence-electron chi connectivity index (χ4n) is 10.3. The molecular formula is C50H29BN4O2. The van der Waals surface area contributed by atoms with E-state index >= 15 is 0 Å². The van der Waals surface area contributed by atoms with E-state index in [1.165, 1.54) is 44.6 Å². The number of hydrogen-bond acceptors (Lipinski definition) is 5. The second kappa shape index (κ2) is 11.1. The van der Waals surface area contributed by atoms with Crippen molar-refractivity contribution in [2.24, 2.45) is 0 Å². The standard InChI is InChI=1S/C50H29BN4O2/c56-49-35-16-7-8-17-39(35)55-40-22-21-29(25-36(40)50(57)38-28-52-27-37(49)48(38)55)31-24-32-23-30-11-9-18-41-45(30)51-46(32)44(26-31)54(34-14-5-2-6-15-34)43-20-10-19-42(47(43)51)53(41)33-12-3-1-4-13-33/h1-22,24-28H,23H2. The molecule has 7 heteroatoms. The Kier molecular flexibility index (Phi) is 5.97. The van der Waals surface area contributed by atoms with Crippen molar-refractivity contribution in [3.8, 4) is 11.1 Å². The summed E-state index contributed by atoms with van der Waals surface area (Å²) in [4.78, 5) is 37.3. The predicted octanol–water partition coefficient (Wildman–Crippen LogP) is 8.61. The summed E-state index contributed by atoms with van der Waals surface area (Å²) in [6, 6.07) is 53.4. The number of para-hydroxylation sites is 3. The number of benzene rings is 7. The molecule has 0 bridgehead atoms. The summed E-state index contributed by atoms with van der Waals surface area (Å²) in [5, 5.41) is 2.08. The highest BCUT2D eigenvalue weighted by molar-refractivity contribution is 7.01. The molecular weight excluding hydrogens is 699 g/mol. The van der Waals surface area contributed by atoms with Crippen molar-refractivity contribution in [2.45, 2.75) is 6.42 Å². The van der Waals surface area contributed by atoms with Crippen LogP contribution in [0, 0.1) is 0 Å². The topological polar surface area (TPSA) is 57.9 Å². The molecule has 3 aromatic heterocycles. The van der Waals surface area contributed by atoms with E-state index in [2.05, 4.69) is 134 Å². The first-order valence-electron chi connectivity index (χ1n) is 19.4. The largest absolute Gasteiger partial charge is 0.311 e. The minimum Gasteiger partial charge on any atom is -0.311 e. The Balaban J connectivity index is 1.09. The number of rotatable bonds is 3. The highest BCUT2D eigenvalue weighted by atomic mass is 16.1. The zero-order valence-electron chi connectivity index (χ0n) is 30.5. The molecule has 0 aliphatic carbocycles. The van der Waals surface area contributed by atoms with Crippen molar-refractivity contribution in [3.05, 3.63) is 196 Å². The van der Waals surface area contributed by atoms with E-state index in [1.54, 1.807) is 12.4 Å². The Morgan fingerprint density at radius 2 is 1.05 bits per heavy atom. The van der Waals surface area contributed by atoms with Crippen LogP contribution >= 0.6 is 0 Å². The molecule has 0 saturated heterocycles. The molecule has 57 heavy (non-hydrogen) atoms. The van der Waals surface area contributed by atoms with Gasteiger partial charge >= 0.3 is 0 Å². The maximum Gasteiger partial charge on any atom is 0.252 e. The summed E-state index contributed by atoms with van der Waals surface area (Å²) in [5.74, 6) is 0. The quantitative estimate of drug-likeness (QED) is 0.104. The van der Waals surface area contributed by atoms with E-state index < -0.39 is 0 Å². The van der Waals surface area contributed by atoms with Crippen LogP contribution in [0.2, 0.25) is 0 Å². The molecule has 0 radical (unpaired) electrons. The van der Waals surface area contributed by atoms with Crippen LogP contribution in [-0.4, -0.2) is 16.1 Å². The third-order valence-corrected chi connectivity index (χ3v) is 12.6. The number of pyridine rings is 3. The molecule has 13 rings (SSSR count). The summed E-state index contributed by atoms with van der Waals surface area (Å²) in [6.45, 7) is 0.0697. The van der Waals surface area contributed by atoms with Gasteiger partial charge in [0.05, 0.1) is 27.3 Å². The Hall–Kier alpha value is -7.51. The second-order valence-electron chi connectivity index (χ2n) is 15.4. The average Bonchev–Trinajstić information content (AvgIpc) is 3.26. The Labute approximate surface area is 326 Å². The number of anilines is 6. The third-order valence-electron chi connectivity index (χ3n) is 12.6. The van der Waals surface area contributed by atoms with Crippen LogP contribution in [0.25, 0.3) is 49.2 Å². The molecule has 0 saturated carbocycles. The molecule has 0 atom stereocenters. The van der Waals surface area contributed by atoms with Gasteiger partial charge in [-0.1, -0.05) is 78.9 Å². The average molecular weight is 729 g/mol. The van der Waals surface area contributed by atoms with Crippen LogP contribution in [0.5, 0.6) is 0 Å². The van der Waals surface area contributed by atoms with Gasteiger partial charge in [0.1, 0.15) is 0 Å². The molecule has 6 nitrogen and oxygen atoms in total. The first-order valence-corrected chi connectivity index (χ1v) is 19.4. The number of hydrogen-bond donors (Lipinski definition) is 0. The van der Waals surface area contributed by atoms with Crippen molar-refractivity contribution >= 4 is 95.3 Å². The van der Waals surface area contributed by atoms with Gasteiger partial charge in [-0.25, -0.2) is 0 Å². The molecule has 0 fully saturated rings. The van der Waals surface area contributed by atoms with Gasteiger partial charge in [-0.3, -0.25) is 14.6 Å². The van der Waals surface area contributed by atoms with Crippen molar-refractivity contribution in [1.29, 1.82) is 0 Å². The minimum atomic E-state index is -0.127. The van der Waals surface area contributed by atoms with Crippen LogP contribution < -0.4 is 37.0 Å². The van der Waals surface area contributed by atoms with Gasteiger partial charge in [-0.15, -0.1) is 0 Å². The van der Waals surface area contributed by atoms with Gasteiger partial charge in [0.15, 0.2) is 10.9 Å². The first-order chi connectivity index (χ1) is 28.1. The smallest absolute Gasteiger partial charge is 0.252 e. The lowest BCUT2D eigenvalue weighted by molar-refractivity contribution is 1.17. The lowest BCUT2D eigenvalue weighted by Gasteiger charge is -2.47. The summed E-state index contributed by atoms with van der Waals surface area (Å²) < 4.78 is 2.07. The first kappa shape index (κ1) is 30.8. The van der Waals surface area contributed by atoms with Gasteiger partial charge in [-0.2, -0.15) is 0 Å². The van der Waals surface area contributed by atoms with Crippen LogP contribution in [0.15, 0.2) is 174 Å². The Bertz CT molecular complexity index is 3510. The van der Waals surface area contributed by atoms with Gasteiger partial charge in [-0.05, 0) is 118 Å². The van der Waals surface area contributed by atoms with Gasteiger partial charge in [0, 0.05) is 57.3 Å². The fourth-order valence-corrected chi connectivity index (χ4v) is 10.3. The molecule has 10 aromatic rings. The van der Waals surface area contributed by atoms with Crippen molar-refractivity contribution in [3.63, 3.8) is 0 Å². The molecule has 264 valence electrons. The van der Waals surface area contributed by atoms with E-state index in [9.17, 15) is 9.59 Å². The van der Waals surface area contributed by atoms with E-state index in [0.29, 0.717) is 27.1 Å². The SMILES string of the molecule is O=c1c2ccccc2n2c3ccc(-c4cc5c6c(c4)N(c4ccccc4)c4cccc7c4B6c4c(cccc4N7c4ccccc4)C5)cc3c(=O)c3cncc1c32. The van der Waals surface area contributed by atoms with Crippen molar-refractivity contribution in [1.82, 2.24) is 9.38 Å².